The predicted molar refractivity (Wildman–Crippen MR) is 138 cm³/mol. The van der Waals surface area contributed by atoms with Crippen LogP contribution in [0.1, 0.15) is 16.2 Å². The Bertz CT molecular complexity index is 1580. The molecule has 202 valence electrons. The van der Waals surface area contributed by atoms with E-state index in [1.165, 1.54) is 41.0 Å². The van der Waals surface area contributed by atoms with Gasteiger partial charge in [-0.15, -0.1) is 40.0 Å². The Balaban J connectivity index is 1.34. The number of nitrogen functional groups attached to an aromatic ring is 1. The molecule has 0 aromatic carbocycles. The fourth-order valence-corrected chi connectivity index (χ4v) is 6.90. The van der Waals surface area contributed by atoms with Crippen molar-refractivity contribution < 1.29 is 34.2 Å². The second-order valence-corrected chi connectivity index (χ2v) is 10.9. The molecule has 2 aliphatic rings. The molecular weight excluding hydrogens is 574 g/mol. The molecule has 1 fully saturated rings. The number of thiazole rings is 1. The lowest BCUT2D eigenvalue weighted by Gasteiger charge is -2.49. The lowest BCUT2D eigenvalue weighted by atomic mass is 10.0. The highest BCUT2D eigenvalue weighted by Crippen LogP contribution is 2.41. The normalized spacial score (nSPS) is 19.1. The fourth-order valence-electron chi connectivity index (χ4n) is 3.87. The highest BCUT2D eigenvalue weighted by Gasteiger charge is 2.54. The molecule has 5 heterocycles. The van der Waals surface area contributed by atoms with Crippen LogP contribution in [0.5, 0.6) is 0 Å². The summed E-state index contributed by atoms with van der Waals surface area (Å²) in [4.78, 5) is 63.4. The van der Waals surface area contributed by atoms with E-state index in [-0.39, 0.29) is 45.1 Å². The number of aromatic nitrogens is 5. The van der Waals surface area contributed by atoms with Gasteiger partial charge in [0.15, 0.2) is 22.2 Å². The van der Waals surface area contributed by atoms with E-state index >= 15 is 0 Å². The zero-order valence-corrected chi connectivity index (χ0v) is 22.1. The summed E-state index contributed by atoms with van der Waals surface area (Å²) in [6, 6.07) is 0.307. The van der Waals surface area contributed by atoms with Crippen LogP contribution in [-0.2, 0) is 19.2 Å². The number of carbonyl (C=O) groups is 4. The number of oxime groups is 1. The Morgan fingerprint density at radius 2 is 2.08 bits per heavy atom. The smallest absolute Gasteiger partial charge is 0.354 e. The molecule has 1 saturated heterocycles. The van der Waals surface area contributed by atoms with Crippen LogP contribution in [0.3, 0.4) is 0 Å². The lowest BCUT2D eigenvalue weighted by molar-refractivity contribution is -0.150. The number of fused-ring (bicyclic) bond motifs is 2. The van der Waals surface area contributed by atoms with Crippen molar-refractivity contribution in [3.8, 4) is 0 Å². The maximum Gasteiger partial charge on any atom is 0.354 e. The zero-order chi connectivity index (χ0) is 27.8. The molecule has 0 spiro atoms. The first-order chi connectivity index (χ1) is 18.7. The summed E-state index contributed by atoms with van der Waals surface area (Å²) in [6.07, 6.45) is 1.30. The molecule has 2 atom stereocenters. The molecule has 3 aromatic rings. The van der Waals surface area contributed by atoms with Gasteiger partial charge in [-0.05, 0) is 5.57 Å². The molecule has 16 nitrogen and oxygen atoms in total. The second-order valence-electron chi connectivity index (χ2n) is 7.89. The molecule has 0 unspecified atom stereocenters. The third-order valence-corrected chi connectivity index (χ3v) is 8.64. The highest BCUT2D eigenvalue weighted by molar-refractivity contribution is 8.01. The quantitative estimate of drug-likeness (QED) is 0.0827. The van der Waals surface area contributed by atoms with Crippen molar-refractivity contribution >= 4 is 75.1 Å². The van der Waals surface area contributed by atoms with Crippen molar-refractivity contribution in [3.63, 3.8) is 0 Å². The maximum atomic E-state index is 13.0. The van der Waals surface area contributed by atoms with E-state index in [0.717, 1.165) is 28.0 Å². The number of carboxylic acid groups (broad SMARTS) is 2. The van der Waals surface area contributed by atoms with Crippen molar-refractivity contribution in [3.05, 3.63) is 40.3 Å². The molecular formula is C20H17N9O7S3. The summed E-state index contributed by atoms with van der Waals surface area (Å²) in [6.45, 7) is 0. The molecule has 0 saturated carbocycles. The van der Waals surface area contributed by atoms with E-state index in [4.69, 9.17) is 10.6 Å². The zero-order valence-electron chi connectivity index (χ0n) is 19.7. The van der Waals surface area contributed by atoms with Crippen LogP contribution in [-0.4, -0.2) is 99.4 Å². The average Bonchev–Trinajstić information content (AvgIpc) is 3.56. The molecule has 2 amide bonds. The summed E-state index contributed by atoms with van der Waals surface area (Å²) in [5.41, 5.74) is 5.88. The van der Waals surface area contributed by atoms with Crippen LogP contribution in [0.4, 0.5) is 5.13 Å². The van der Waals surface area contributed by atoms with Crippen LogP contribution in [0, 0.1) is 0 Å². The average molecular weight is 592 g/mol. The number of thioether (sulfide) groups is 2. The Hall–Kier alpha value is -4.23. The van der Waals surface area contributed by atoms with E-state index in [1.807, 2.05) is 0 Å². The molecule has 19 heteroatoms. The lowest BCUT2D eigenvalue weighted by Crippen LogP contribution is -2.71. The molecule has 5 rings (SSSR count). The Kier molecular flexibility index (Phi) is 7.10. The van der Waals surface area contributed by atoms with Crippen molar-refractivity contribution in [2.24, 2.45) is 5.16 Å². The molecule has 5 N–H and O–H groups in total. The third kappa shape index (κ3) is 4.86. The summed E-state index contributed by atoms with van der Waals surface area (Å²) in [5, 5.41) is 34.7. The summed E-state index contributed by atoms with van der Waals surface area (Å²) in [7, 11) is 1.25. The van der Waals surface area contributed by atoms with Gasteiger partial charge >= 0.3 is 11.9 Å². The Morgan fingerprint density at radius 1 is 1.28 bits per heavy atom. The first-order valence-corrected chi connectivity index (χ1v) is 13.7. The van der Waals surface area contributed by atoms with Crippen LogP contribution < -0.4 is 11.1 Å². The monoisotopic (exact) mass is 591 g/mol. The summed E-state index contributed by atoms with van der Waals surface area (Å²) < 4.78 is 1.34. The predicted octanol–water partition coefficient (Wildman–Crippen LogP) is -0.257. The summed E-state index contributed by atoms with van der Waals surface area (Å²) in [5.74, 6) is -3.51. The van der Waals surface area contributed by atoms with Crippen molar-refractivity contribution in [1.82, 2.24) is 35.0 Å². The van der Waals surface area contributed by atoms with Gasteiger partial charge in [-0.25, -0.2) is 19.6 Å². The van der Waals surface area contributed by atoms with Crippen molar-refractivity contribution in [2.75, 3.05) is 24.3 Å². The SMILES string of the molecule is CON=C(C(=O)N[C@@H]1C(=O)N2C(C(=O)O)=C(CSc3cc(C(=O)O)nc4cnnn34)CS[C@H]12)c1csc(N)n1. The number of β-lactam (4-membered cyclic amide) rings is 1. The van der Waals surface area contributed by atoms with Gasteiger partial charge in [-0.2, -0.15) is 4.52 Å². The third-order valence-electron chi connectivity index (χ3n) is 5.55. The van der Waals surface area contributed by atoms with Gasteiger partial charge in [0.1, 0.15) is 34.9 Å². The van der Waals surface area contributed by atoms with Gasteiger partial charge in [0.2, 0.25) is 0 Å². The second kappa shape index (κ2) is 10.5. The minimum absolute atomic E-state index is 0.121. The molecule has 0 bridgehead atoms. The number of hydrogen-bond donors (Lipinski definition) is 4. The number of amides is 2. The number of nitrogens with two attached hydrogens (primary N) is 1. The van der Waals surface area contributed by atoms with Crippen molar-refractivity contribution in [1.29, 1.82) is 0 Å². The van der Waals surface area contributed by atoms with Crippen LogP contribution in [0.2, 0.25) is 0 Å². The van der Waals surface area contributed by atoms with E-state index < -0.39 is 35.2 Å². The number of carbonyl (C=O) groups excluding carboxylic acids is 2. The van der Waals surface area contributed by atoms with E-state index in [9.17, 15) is 29.4 Å². The highest BCUT2D eigenvalue weighted by atomic mass is 32.2. The van der Waals surface area contributed by atoms with Gasteiger partial charge in [0.05, 0.1) is 6.20 Å². The van der Waals surface area contributed by atoms with E-state index in [0.29, 0.717) is 10.6 Å². The number of anilines is 1. The molecule has 39 heavy (non-hydrogen) atoms. The van der Waals surface area contributed by atoms with Gasteiger partial charge < -0.3 is 26.1 Å². The molecule has 0 radical (unpaired) electrons. The van der Waals surface area contributed by atoms with Gasteiger partial charge in [-0.3, -0.25) is 14.5 Å². The maximum absolute atomic E-state index is 13.0. The first-order valence-electron chi connectivity index (χ1n) is 10.8. The number of rotatable bonds is 9. The van der Waals surface area contributed by atoms with E-state index in [2.05, 4.69) is 30.8 Å². The fraction of sp³-hybridized carbons (Fsp3) is 0.250. The van der Waals surface area contributed by atoms with Crippen LogP contribution >= 0.6 is 34.9 Å². The number of carboxylic acids is 2. The number of aromatic carboxylic acids is 1. The Morgan fingerprint density at radius 3 is 2.74 bits per heavy atom. The van der Waals surface area contributed by atoms with E-state index in [1.54, 1.807) is 0 Å². The number of aliphatic carboxylic acids is 1. The number of nitrogens with one attached hydrogen (secondary N) is 1. The Labute approximate surface area is 230 Å². The topological polar surface area (TPSA) is 228 Å². The van der Waals surface area contributed by atoms with Crippen LogP contribution in [0.25, 0.3) is 5.65 Å². The molecule has 0 aliphatic carbocycles. The number of nitrogens with zero attached hydrogens (tertiary/aromatic N) is 7. The van der Waals surface area contributed by atoms with Gasteiger partial charge in [0, 0.05) is 23.0 Å². The minimum atomic E-state index is -1.31. The van der Waals surface area contributed by atoms with Crippen molar-refractivity contribution in [2.45, 2.75) is 16.4 Å². The standard InChI is InChI=1S/C20H17N9O7S3/c1-36-26-12(9-6-39-20(21)24-9)15(30)25-13-16(31)28-14(19(34)35)7(5-38-17(13)28)4-37-11-2-8(18(32)33)23-10-3-22-27-29(10)11/h2-3,6,13,17H,4-5H2,1H3,(H2,21,24)(H,25,30)(H,32,33)(H,34,35)/t13-,17-/m1/s1. The van der Waals surface area contributed by atoms with Gasteiger partial charge in [-0.1, -0.05) is 10.4 Å². The summed E-state index contributed by atoms with van der Waals surface area (Å²) >= 11 is 3.51. The molecule has 3 aromatic heterocycles. The molecule has 2 aliphatic heterocycles. The minimum Gasteiger partial charge on any atom is -0.477 e. The first kappa shape index (κ1) is 26.4. The number of hydrogen-bond acceptors (Lipinski definition) is 14. The van der Waals surface area contributed by atoms with Crippen LogP contribution in [0.15, 0.2) is 39.1 Å². The van der Waals surface area contributed by atoms with Gasteiger partial charge in [0.25, 0.3) is 11.8 Å². The largest absolute Gasteiger partial charge is 0.477 e.